The topological polar surface area (TPSA) is 21.3 Å². The lowest BCUT2D eigenvalue weighted by molar-refractivity contribution is 0.0875. The molecule has 100 valence electrons. The predicted molar refractivity (Wildman–Crippen MR) is 74.1 cm³/mol. The summed E-state index contributed by atoms with van der Waals surface area (Å²) in [4.78, 5) is 0. The number of hydrogen-bond donors (Lipinski definition) is 1. The number of nitrogens with one attached hydrogen (secondary N) is 1. The van der Waals surface area contributed by atoms with Crippen LogP contribution < -0.4 is 5.32 Å². The van der Waals surface area contributed by atoms with Gasteiger partial charge in [0.1, 0.15) is 5.82 Å². The fourth-order valence-corrected chi connectivity index (χ4v) is 2.72. The number of rotatable bonds is 5. The zero-order valence-electron chi connectivity index (χ0n) is 10.6. The first-order valence-electron chi connectivity index (χ1n) is 6.49. The maximum atomic E-state index is 13.9. The summed E-state index contributed by atoms with van der Waals surface area (Å²) < 4.78 is 20.4. The lowest BCUT2D eigenvalue weighted by Gasteiger charge is -2.20. The van der Waals surface area contributed by atoms with Crippen molar-refractivity contribution in [1.82, 2.24) is 5.32 Å². The van der Waals surface area contributed by atoms with E-state index >= 15 is 0 Å². The molecule has 1 fully saturated rings. The lowest BCUT2D eigenvalue weighted by Crippen LogP contribution is -2.25. The van der Waals surface area contributed by atoms with E-state index in [1.165, 1.54) is 6.07 Å². The van der Waals surface area contributed by atoms with Gasteiger partial charge in [-0.1, -0.05) is 28.9 Å². The Kier molecular flexibility index (Phi) is 5.15. The molecule has 1 aromatic rings. The third-order valence-electron chi connectivity index (χ3n) is 3.32. The average molecular weight is 316 g/mol. The van der Waals surface area contributed by atoms with E-state index in [0.29, 0.717) is 11.5 Å². The summed E-state index contributed by atoms with van der Waals surface area (Å²) in [6, 6.07) is 5.20. The quantitative estimate of drug-likeness (QED) is 0.837. The highest BCUT2D eigenvalue weighted by Gasteiger charge is 2.31. The maximum Gasteiger partial charge on any atom is 0.130 e. The summed E-state index contributed by atoms with van der Waals surface area (Å²) in [5.74, 6) is 0.184. The molecule has 2 nitrogen and oxygen atoms in total. The minimum Gasteiger partial charge on any atom is -0.373 e. The first kappa shape index (κ1) is 14.0. The zero-order chi connectivity index (χ0) is 13.0. The molecule has 0 spiro atoms. The minimum atomic E-state index is -0.184. The van der Waals surface area contributed by atoms with E-state index in [0.717, 1.165) is 37.0 Å². The highest BCUT2D eigenvalue weighted by Crippen LogP contribution is 2.36. The second kappa shape index (κ2) is 6.64. The van der Waals surface area contributed by atoms with Crippen molar-refractivity contribution >= 4 is 15.9 Å². The molecule has 2 rings (SSSR count). The smallest absolute Gasteiger partial charge is 0.130 e. The summed E-state index contributed by atoms with van der Waals surface area (Å²) in [5, 5.41) is 3.40. The molecule has 1 aromatic carbocycles. The van der Waals surface area contributed by atoms with Crippen LogP contribution in [0.3, 0.4) is 0 Å². The van der Waals surface area contributed by atoms with Crippen LogP contribution in [0.15, 0.2) is 22.7 Å². The van der Waals surface area contributed by atoms with Gasteiger partial charge < -0.3 is 10.1 Å². The maximum absolute atomic E-state index is 13.9. The van der Waals surface area contributed by atoms with Gasteiger partial charge in [0.2, 0.25) is 0 Å². The van der Waals surface area contributed by atoms with Crippen LogP contribution in [-0.2, 0) is 4.74 Å². The number of hydrogen-bond acceptors (Lipinski definition) is 2. The van der Waals surface area contributed by atoms with Crippen molar-refractivity contribution in [2.24, 2.45) is 5.92 Å². The average Bonchev–Trinajstić information content (AvgIpc) is 2.78. The Morgan fingerprint density at radius 1 is 1.50 bits per heavy atom. The summed E-state index contributed by atoms with van der Waals surface area (Å²) >= 11 is 3.28. The Morgan fingerprint density at radius 2 is 2.33 bits per heavy atom. The van der Waals surface area contributed by atoms with E-state index in [2.05, 4.69) is 28.2 Å². The summed E-state index contributed by atoms with van der Waals surface area (Å²) in [6.45, 7) is 4.77. The fourth-order valence-electron chi connectivity index (χ4n) is 2.38. The highest BCUT2D eigenvalue weighted by molar-refractivity contribution is 9.10. The normalized spacial score (nSPS) is 23.5. The molecule has 0 aromatic heterocycles. The molecule has 0 saturated carbocycles. The van der Waals surface area contributed by atoms with Crippen LogP contribution in [0.1, 0.15) is 31.4 Å². The van der Waals surface area contributed by atoms with Gasteiger partial charge >= 0.3 is 0 Å². The molecule has 1 aliphatic rings. The fraction of sp³-hybridized carbons (Fsp3) is 0.571. The number of ether oxygens (including phenoxy) is 1. The van der Waals surface area contributed by atoms with E-state index in [1.807, 2.05) is 12.1 Å². The Balaban J connectivity index is 2.06. The van der Waals surface area contributed by atoms with E-state index in [-0.39, 0.29) is 11.9 Å². The van der Waals surface area contributed by atoms with Crippen molar-refractivity contribution in [3.05, 3.63) is 34.1 Å². The van der Waals surface area contributed by atoms with Crippen LogP contribution in [0.4, 0.5) is 4.39 Å². The van der Waals surface area contributed by atoms with Crippen LogP contribution in [0, 0.1) is 11.7 Å². The Bertz CT molecular complexity index is 399. The van der Waals surface area contributed by atoms with Crippen LogP contribution in [0.2, 0.25) is 0 Å². The van der Waals surface area contributed by atoms with Gasteiger partial charge in [0.15, 0.2) is 0 Å². The molecule has 1 heterocycles. The molecule has 2 unspecified atom stereocenters. The Labute approximate surface area is 116 Å². The molecular formula is C14H19BrFNO. The third kappa shape index (κ3) is 3.31. The van der Waals surface area contributed by atoms with E-state index in [1.54, 1.807) is 0 Å². The molecule has 1 saturated heterocycles. The Hall–Kier alpha value is -0.450. The molecule has 0 bridgehead atoms. The van der Waals surface area contributed by atoms with Gasteiger partial charge in [-0.2, -0.15) is 0 Å². The van der Waals surface area contributed by atoms with Gasteiger partial charge in [-0.15, -0.1) is 0 Å². The van der Waals surface area contributed by atoms with Gasteiger partial charge in [-0.3, -0.25) is 0 Å². The van der Waals surface area contributed by atoms with Crippen molar-refractivity contribution < 1.29 is 9.13 Å². The van der Waals surface area contributed by atoms with Crippen molar-refractivity contribution in [3.8, 4) is 0 Å². The van der Waals surface area contributed by atoms with Crippen LogP contribution in [0.25, 0.3) is 0 Å². The van der Waals surface area contributed by atoms with Gasteiger partial charge in [0.25, 0.3) is 0 Å². The Morgan fingerprint density at radius 3 is 3.06 bits per heavy atom. The second-order valence-corrected chi connectivity index (χ2v) is 5.63. The summed E-state index contributed by atoms with van der Waals surface area (Å²) in [6.07, 6.45) is 2.00. The van der Waals surface area contributed by atoms with Crippen LogP contribution >= 0.6 is 15.9 Å². The minimum absolute atomic E-state index is 0.109. The molecule has 18 heavy (non-hydrogen) atoms. The monoisotopic (exact) mass is 315 g/mol. The molecule has 0 amide bonds. The third-order valence-corrected chi connectivity index (χ3v) is 3.81. The standard InChI is InChI=1S/C14H19BrFNO/c1-2-6-17-9-10-5-7-18-14(10)12-4-3-11(15)8-13(12)16/h3-4,8,10,14,17H,2,5-7,9H2,1H3. The molecule has 4 heteroatoms. The van der Waals surface area contributed by atoms with Gasteiger partial charge in [-0.25, -0.2) is 4.39 Å². The molecule has 0 aliphatic carbocycles. The van der Waals surface area contributed by atoms with Gasteiger partial charge in [-0.05, 0) is 31.5 Å². The zero-order valence-corrected chi connectivity index (χ0v) is 12.2. The molecule has 0 radical (unpaired) electrons. The SMILES string of the molecule is CCCNCC1CCOC1c1ccc(Br)cc1F. The second-order valence-electron chi connectivity index (χ2n) is 4.71. The molecule has 1 aliphatic heterocycles. The summed E-state index contributed by atoms with van der Waals surface area (Å²) in [7, 11) is 0. The van der Waals surface area contributed by atoms with Crippen molar-refractivity contribution in [1.29, 1.82) is 0 Å². The van der Waals surface area contributed by atoms with E-state index in [9.17, 15) is 4.39 Å². The largest absolute Gasteiger partial charge is 0.373 e. The van der Waals surface area contributed by atoms with Gasteiger partial charge in [0.05, 0.1) is 6.10 Å². The predicted octanol–water partition coefficient (Wildman–Crippen LogP) is 3.67. The molecular weight excluding hydrogens is 297 g/mol. The first-order valence-corrected chi connectivity index (χ1v) is 7.29. The van der Waals surface area contributed by atoms with Gasteiger partial charge in [0, 0.05) is 29.1 Å². The van der Waals surface area contributed by atoms with Crippen LogP contribution in [-0.4, -0.2) is 19.7 Å². The highest BCUT2D eigenvalue weighted by atomic mass is 79.9. The van der Waals surface area contributed by atoms with Crippen molar-refractivity contribution in [2.45, 2.75) is 25.9 Å². The first-order chi connectivity index (χ1) is 8.72. The van der Waals surface area contributed by atoms with E-state index in [4.69, 9.17) is 4.74 Å². The summed E-state index contributed by atoms with van der Waals surface area (Å²) in [5.41, 5.74) is 0.680. The molecule has 1 N–H and O–H groups in total. The number of halogens is 2. The molecule has 2 atom stereocenters. The van der Waals surface area contributed by atoms with Crippen molar-refractivity contribution in [3.63, 3.8) is 0 Å². The van der Waals surface area contributed by atoms with E-state index < -0.39 is 0 Å². The lowest BCUT2D eigenvalue weighted by atomic mass is 9.95. The van der Waals surface area contributed by atoms with Crippen molar-refractivity contribution in [2.75, 3.05) is 19.7 Å². The van der Waals surface area contributed by atoms with Crippen LogP contribution in [0.5, 0.6) is 0 Å². The number of benzene rings is 1.